The molecule has 13 heavy (non-hydrogen) atoms. The summed E-state index contributed by atoms with van der Waals surface area (Å²) < 4.78 is 0. The molecule has 70 valence electrons. The fraction of sp³-hybridized carbons (Fsp3) is 0.500. The Labute approximate surface area is 80.4 Å². The lowest BCUT2D eigenvalue weighted by Crippen LogP contribution is -2.15. The van der Waals surface area contributed by atoms with Crippen LogP contribution in [0, 0.1) is 6.92 Å². The summed E-state index contributed by atoms with van der Waals surface area (Å²) in [5.41, 5.74) is 2.86. The number of aryl methyl sites for hydroxylation is 1. The third kappa shape index (κ3) is 1.75. The highest BCUT2D eigenvalue weighted by Crippen LogP contribution is 2.43. The van der Waals surface area contributed by atoms with Crippen molar-refractivity contribution in [1.29, 1.82) is 0 Å². The van der Waals surface area contributed by atoms with E-state index in [2.05, 4.69) is 50.2 Å². The predicted molar refractivity (Wildman–Crippen MR) is 56.0 cm³/mol. The zero-order valence-corrected chi connectivity index (χ0v) is 8.62. The summed E-state index contributed by atoms with van der Waals surface area (Å²) in [5.74, 6) is 0.788. The standard InChI is InChI=1S/C12H17N/c1-9-4-6-10(7-5-9)11-8-12(11)13(2)3/h4-7,11-12H,8H2,1-3H3/t11-,12+/m1/s1. The zero-order chi connectivity index (χ0) is 9.42. The van der Waals surface area contributed by atoms with Crippen LogP contribution < -0.4 is 0 Å². The summed E-state index contributed by atoms with van der Waals surface area (Å²) in [6.07, 6.45) is 1.33. The van der Waals surface area contributed by atoms with Crippen molar-refractivity contribution >= 4 is 0 Å². The molecule has 1 aromatic carbocycles. The number of likely N-dealkylation sites (N-methyl/N-ethyl adjacent to an activating group) is 1. The summed E-state index contributed by atoms with van der Waals surface area (Å²) in [6.45, 7) is 2.14. The topological polar surface area (TPSA) is 3.24 Å². The molecule has 0 bridgehead atoms. The molecule has 0 radical (unpaired) electrons. The molecule has 2 atom stereocenters. The van der Waals surface area contributed by atoms with Crippen molar-refractivity contribution in [1.82, 2.24) is 4.90 Å². The van der Waals surface area contributed by atoms with Crippen LogP contribution in [0.15, 0.2) is 24.3 Å². The van der Waals surface area contributed by atoms with Gasteiger partial charge in [0.2, 0.25) is 0 Å². The minimum Gasteiger partial charge on any atom is -0.306 e. The van der Waals surface area contributed by atoms with Gasteiger partial charge in [0.15, 0.2) is 0 Å². The fourth-order valence-electron chi connectivity index (χ4n) is 1.92. The highest BCUT2D eigenvalue weighted by atomic mass is 15.1. The van der Waals surface area contributed by atoms with Gasteiger partial charge >= 0.3 is 0 Å². The Morgan fingerprint density at radius 1 is 1.15 bits per heavy atom. The largest absolute Gasteiger partial charge is 0.306 e. The molecule has 0 saturated heterocycles. The molecular weight excluding hydrogens is 158 g/mol. The van der Waals surface area contributed by atoms with E-state index in [0.29, 0.717) is 0 Å². The van der Waals surface area contributed by atoms with Crippen LogP contribution in [0.3, 0.4) is 0 Å². The highest BCUT2D eigenvalue weighted by molar-refractivity contribution is 5.30. The number of nitrogens with zero attached hydrogens (tertiary/aromatic N) is 1. The maximum absolute atomic E-state index is 2.32. The lowest BCUT2D eigenvalue weighted by Gasteiger charge is -2.08. The molecule has 0 aliphatic heterocycles. The summed E-state index contributed by atoms with van der Waals surface area (Å²) in [6, 6.07) is 9.73. The van der Waals surface area contributed by atoms with Crippen molar-refractivity contribution in [3.63, 3.8) is 0 Å². The minimum atomic E-state index is 0.780. The number of hydrogen-bond acceptors (Lipinski definition) is 1. The monoisotopic (exact) mass is 175 g/mol. The van der Waals surface area contributed by atoms with Gasteiger partial charge in [0.1, 0.15) is 0 Å². The van der Waals surface area contributed by atoms with Gasteiger partial charge in [-0.1, -0.05) is 29.8 Å². The molecular formula is C12H17N. The Morgan fingerprint density at radius 2 is 1.77 bits per heavy atom. The first-order chi connectivity index (χ1) is 6.18. The van der Waals surface area contributed by atoms with Crippen LogP contribution in [0.25, 0.3) is 0 Å². The van der Waals surface area contributed by atoms with Gasteiger partial charge in [0.05, 0.1) is 0 Å². The van der Waals surface area contributed by atoms with Crippen LogP contribution in [0.5, 0.6) is 0 Å². The normalized spacial score (nSPS) is 26.5. The SMILES string of the molecule is Cc1ccc([C@H]2C[C@@H]2N(C)C)cc1. The van der Waals surface area contributed by atoms with Crippen molar-refractivity contribution in [3.05, 3.63) is 35.4 Å². The van der Waals surface area contributed by atoms with Gasteiger partial charge in [-0.2, -0.15) is 0 Å². The highest BCUT2D eigenvalue weighted by Gasteiger charge is 2.39. The molecule has 1 nitrogen and oxygen atoms in total. The molecule has 0 amide bonds. The van der Waals surface area contributed by atoms with Crippen LogP contribution in [0.4, 0.5) is 0 Å². The maximum atomic E-state index is 2.32. The first-order valence-corrected chi connectivity index (χ1v) is 4.91. The zero-order valence-electron chi connectivity index (χ0n) is 8.62. The molecule has 0 aromatic heterocycles. The lowest BCUT2D eigenvalue weighted by molar-refractivity contribution is 0.391. The van der Waals surface area contributed by atoms with Gasteiger partial charge in [-0.15, -0.1) is 0 Å². The first-order valence-electron chi connectivity index (χ1n) is 4.91. The average Bonchev–Trinajstić information content (AvgIpc) is 2.85. The van der Waals surface area contributed by atoms with Gasteiger partial charge < -0.3 is 4.90 Å². The van der Waals surface area contributed by atoms with E-state index in [1.165, 1.54) is 17.5 Å². The molecule has 1 fully saturated rings. The van der Waals surface area contributed by atoms with E-state index in [1.54, 1.807) is 0 Å². The quantitative estimate of drug-likeness (QED) is 0.667. The fourth-order valence-corrected chi connectivity index (χ4v) is 1.92. The molecule has 2 rings (SSSR count). The lowest BCUT2D eigenvalue weighted by atomic mass is 10.1. The van der Waals surface area contributed by atoms with Crippen LogP contribution in [0.2, 0.25) is 0 Å². The van der Waals surface area contributed by atoms with Crippen LogP contribution in [-0.4, -0.2) is 25.0 Å². The Balaban J connectivity index is 2.08. The summed E-state index contributed by atoms with van der Waals surface area (Å²) in [7, 11) is 4.33. The van der Waals surface area contributed by atoms with E-state index in [0.717, 1.165) is 12.0 Å². The summed E-state index contributed by atoms with van der Waals surface area (Å²) in [4.78, 5) is 2.32. The maximum Gasteiger partial charge on any atom is 0.0165 e. The van der Waals surface area contributed by atoms with Crippen molar-refractivity contribution in [2.75, 3.05) is 14.1 Å². The second kappa shape index (κ2) is 3.15. The van der Waals surface area contributed by atoms with Gasteiger partial charge in [-0.25, -0.2) is 0 Å². The minimum absolute atomic E-state index is 0.780. The van der Waals surface area contributed by atoms with Gasteiger partial charge in [-0.3, -0.25) is 0 Å². The summed E-state index contributed by atoms with van der Waals surface area (Å²) >= 11 is 0. The molecule has 1 aliphatic rings. The second-order valence-electron chi connectivity index (χ2n) is 4.28. The molecule has 0 N–H and O–H groups in total. The molecule has 1 aliphatic carbocycles. The Bertz CT molecular complexity index is 286. The third-order valence-corrected chi connectivity index (χ3v) is 2.93. The number of rotatable bonds is 2. The van der Waals surface area contributed by atoms with Crippen LogP contribution >= 0.6 is 0 Å². The van der Waals surface area contributed by atoms with E-state index in [1.807, 2.05) is 0 Å². The predicted octanol–water partition coefficient (Wildman–Crippen LogP) is 2.41. The van der Waals surface area contributed by atoms with Crippen molar-refractivity contribution in [3.8, 4) is 0 Å². The van der Waals surface area contributed by atoms with Crippen LogP contribution in [0.1, 0.15) is 23.5 Å². The van der Waals surface area contributed by atoms with Gasteiger partial charge in [-0.05, 0) is 33.0 Å². The van der Waals surface area contributed by atoms with E-state index in [9.17, 15) is 0 Å². The molecule has 0 spiro atoms. The van der Waals surface area contributed by atoms with Crippen molar-refractivity contribution in [2.45, 2.75) is 25.3 Å². The van der Waals surface area contributed by atoms with E-state index in [4.69, 9.17) is 0 Å². The van der Waals surface area contributed by atoms with Crippen molar-refractivity contribution < 1.29 is 0 Å². The van der Waals surface area contributed by atoms with Crippen molar-refractivity contribution in [2.24, 2.45) is 0 Å². The second-order valence-corrected chi connectivity index (χ2v) is 4.28. The number of benzene rings is 1. The Kier molecular flexibility index (Phi) is 2.12. The smallest absolute Gasteiger partial charge is 0.0165 e. The van der Waals surface area contributed by atoms with Crippen LogP contribution in [-0.2, 0) is 0 Å². The Hall–Kier alpha value is -0.820. The molecule has 0 unspecified atom stereocenters. The molecule has 1 saturated carbocycles. The molecule has 0 heterocycles. The molecule has 1 heteroatoms. The van der Waals surface area contributed by atoms with E-state index < -0.39 is 0 Å². The van der Waals surface area contributed by atoms with E-state index in [-0.39, 0.29) is 0 Å². The Morgan fingerprint density at radius 3 is 2.23 bits per heavy atom. The third-order valence-electron chi connectivity index (χ3n) is 2.93. The number of hydrogen-bond donors (Lipinski definition) is 0. The first kappa shape index (κ1) is 8.76. The van der Waals surface area contributed by atoms with E-state index >= 15 is 0 Å². The van der Waals surface area contributed by atoms with Gasteiger partial charge in [0, 0.05) is 12.0 Å². The molecule has 1 aromatic rings. The van der Waals surface area contributed by atoms with Gasteiger partial charge in [0.25, 0.3) is 0 Å². The average molecular weight is 175 g/mol. The summed E-state index contributed by atoms with van der Waals surface area (Å²) in [5, 5.41) is 0.